The molecule has 0 radical (unpaired) electrons. The standard InChI is InChI=1S/C66H99N21O22S4/c1-30(2)16-37-56(99)82-42(52(68)95)24-110-112-27-45-61(104)80-40(22-88)57(100)79-39(18-34-21-70-29-72-34)66(109)86-14-6-8-46(86)62(105)73-32(5)53(96)83-44(26-113-111-25-43(59(102)84-45)74-48(90)19-67)60(103)81-41(23-89)58(101)85-51(31(3)4)64(107)76-36(11-13-50(93)94)55(98)78-38(17-33-20-69-28-71-33)65(108)87-15-7-9-47(87)63(106)75-35(54(97)77-37)10-12-49(91)92/h20-21,28-32,35-47,51,88-89H,6-19,22-27,67H2,1-5H3,(H2,68,95)(H,69,71)(H,70,72)(H,73,105)(H,74,90)(H,75,106)(H,76,107)(H,77,97)(H,78,98)(H,79,100)(H,80,104)(H,81,103)(H,82,99)(H,83,96)(H,84,102)(H,85,101)(H,91,92)(H,93,94)/t32-,35-,36-,37-,38-,39-,40-,41-,42-,43-,44-,45-,46-,47-,51-/m0/s1. The van der Waals surface area contributed by atoms with Crippen LogP contribution < -0.4 is 80.6 Å². The number of nitrogens with two attached hydrogens (primary N) is 2. The summed E-state index contributed by atoms with van der Waals surface area (Å²) < 4.78 is 0. The Balaban J connectivity index is 1.45. The molecule has 4 fully saturated rings. The van der Waals surface area contributed by atoms with E-state index in [-0.39, 0.29) is 69.6 Å². The van der Waals surface area contributed by atoms with Crippen molar-refractivity contribution in [2.45, 2.75) is 196 Å². The molecule has 15 atom stereocenters. The molecule has 47 heteroatoms. The third-order valence-electron chi connectivity index (χ3n) is 18.3. The summed E-state index contributed by atoms with van der Waals surface area (Å²) in [6.45, 7) is 4.31. The highest BCUT2D eigenvalue weighted by atomic mass is 33.1. The van der Waals surface area contributed by atoms with Crippen molar-refractivity contribution >= 4 is 150 Å². The number of hydrogen-bond donors (Lipinski definition) is 21. The van der Waals surface area contributed by atoms with E-state index in [0.717, 1.165) is 53.0 Å². The van der Waals surface area contributed by atoms with E-state index in [4.69, 9.17) is 11.5 Å². The maximum Gasteiger partial charge on any atom is 0.303 e. The molecule has 0 aliphatic carbocycles. The number of carboxylic acids is 2. The van der Waals surface area contributed by atoms with Crippen molar-refractivity contribution in [1.29, 1.82) is 0 Å². The molecule has 4 saturated heterocycles. The van der Waals surface area contributed by atoms with Gasteiger partial charge in [0.15, 0.2) is 0 Å². The van der Waals surface area contributed by atoms with Gasteiger partial charge in [0, 0.05) is 85.6 Å². The lowest BCUT2D eigenvalue weighted by Crippen LogP contribution is -2.62. The molecular formula is C66H99N21O22S4. The number of aliphatic hydroxyl groups is 2. The number of H-pyrrole nitrogens is 2. The van der Waals surface area contributed by atoms with Gasteiger partial charge in [-0.15, -0.1) is 0 Å². The van der Waals surface area contributed by atoms with E-state index in [1.54, 1.807) is 13.8 Å². The number of rotatable bonds is 18. The van der Waals surface area contributed by atoms with Crippen molar-refractivity contribution in [2.75, 3.05) is 55.9 Å². The summed E-state index contributed by atoms with van der Waals surface area (Å²) in [4.78, 5) is 269. The number of carbonyl (C=O) groups is 18. The number of nitrogens with one attached hydrogen (secondary N) is 15. The van der Waals surface area contributed by atoms with Gasteiger partial charge < -0.3 is 121 Å². The Bertz CT molecular complexity index is 3730. The van der Waals surface area contributed by atoms with Crippen LogP contribution in [0.5, 0.6) is 0 Å². The second-order valence-corrected chi connectivity index (χ2v) is 32.8. The lowest BCUT2D eigenvalue weighted by Gasteiger charge is -2.31. The molecule has 2 aromatic rings. The molecule has 16 amide bonds. The maximum absolute atomic E-state index is 14.9. The lowest BCUT2D eigenvalue weighted by molar-refractivity contribution is -0.143. The summed E-state index contributed by atoms with van der Waals surface area (Å²) >= 11 is 0. The zero-order valence-electron chi connectivity index (χ0n) is 62.5. The molecule has 2 bridgehead atoms. The predicted molar refractivity (Wildman–Crippen MR) is 405 cm³/mol. The Labute approximate surface area is 663 Å². The zero-order valence-corrected chi connectivity index (χ0v) is 65.7. The number of fused-ring (bicyclic) bond motifs is 10. The van der Waals surface area contributed by atoms with Gasteiger partial charge in [-0.25, -0.2) is 9.97 Å². The van der Waals surface area contributed by atoms with Gasteiger partial charge in [0.2, 0.25) is 94.5 Å². The molecule has 4 aliphatic heterocycles. The van der Waals surface area contributed by atoms with E-state index in [1.165, 1.54) is 45.8 Å². The monoisotopic (exact) mass is 1670 g/mol. The minimum absolute atomic E-state index is 0.0407. The third kappa shape index (κ3) is 28.3. The average molecular weight is 1670 g/mol. The fraction of sp³-hybridized carbons (Fsp3) is 0.636. The van der Waals surface area contributed by atoms with E-state index < -0.39 is 271 Å². The number of hydrogen-bond acceptors (Lipinski definition) is 27. The molecule has 0 aromatic carbocycles. The zero-order chi connectivity index (χ0) is 83.3. The van der Waals surface area contributed by atoms with Gasteiger partial charge in [0.1, 0.15) is 90.6 Å². The number of primary amides is 1. The van der Waals surface area contributed by atoms with Gasteiger partial charge in [0.25, 0.3) is 0 Å². The van der Waals surface area contributed by atoms with Crippen LogP contribution in [-0.2, 0) is 99.1 Å². The van der Waals surface area contributed by atoms with Gasteiger partial charge in [-0.1, -0.05) is 70.9 Å². The third-order valence-corrected chi connectivity index (χ3v) is 23.1. The van der Waals surface area contributed by atoms with Crippen LogP contribution in [0, 0.1) is 11.8 Å². The molecule has 113 heavy (non-hydrogen) atoms. The smallest absolute Gasteiger partial charge is 0.303 e. The van der Waals surface area contributed by atoms with Crippen molar-refractivity contribution in [3.05, 3.63) is 36.4 Å². The first kappa shape index (κ1) is 92.0. The van der Waals surface area contributed by atoms with Crippen LogP contribution in [0.15, 0.2) is 25.0 Å². The Hall–Kier alpha value is -9.84. The van der Waals surface area contributed by atoms with E-state index in [9.17, 15) is 107 Å². The van der Waals surface area contributed by atoms with E-state index >= 15 is 0 Å². The molecule has 43 nitrogen and oxygen atoms in total. The Morgan fingerprint density at radius 1 is 0.504 bits per heavy atom. The number of carboxylic acid groups (broad SMARTS) is 2. The fourth-order valence-electron chi connectivity index (χ4n) is 12.2. The first-order valence-corrected chi connectivity index (χ1v) is 41.2. The highest BCUT2D eigenvalue weighted by Gasteiger charge is 2.44. The molecule has 624 valence electrons. The van der Waals surface area contributed by atoms with Crippen LogP contribution in [0.3, 0.4) is 0 Å². The molecule has 23 N–H and O–H groups in total. The van der Waals surface area contributed by atoms with Gasteiger partial charge in [-0.2, -0.15) is 0 Å². The first-order valence-electron chi connectivity index (χ1n) is 36.3. The second kappa shape index (κ2) is 45.2. The lowest BCUT2D eigenvalue weighted by atomic mass is 10.0. The fourth-order valence-corrected chi connectivity index (χ4v) is 16.8. The molecule has 4 aliphatic rings. The Kier molecular flexibility index (Phi) is 36.8. The molecule has 6 heterocycles. The van der Waals surface area contributed by atoms with Gasteiger partial charge in [-0.3, -0.25) is 86.3 Å². The SMILES string of the molecule is CC(C)C[C@@H]1NC(=O)[C@H](CCC(=O)O)NC(=O)[C@@H]2CCCN2C(=O)[C@H](Cc2cnc[nH]2)NC(=O)[C@H](CCC(=O)O)NC(=O)[C@H](C(C)C)NC(=O)[C@H](CO)NC(=O)[C@@H]2CSSC[C@H](NC(=O)CN)C(=O)N[C@@H](CSSC[C@@H](C(N)=O)NC1=O)C(=O)N[C@@H](CO)C(=O)N[C@@H](Cc1cnc[nH]1)C(=O)N1CCC[C@H]1C(=O)N[C@@H](C)C(=O)N2. The first-order chi connectivity index (χ1) is 53.6. The summed E-state index contributed by atoms with van der Waals surface area (Å²) in [5.74, 6) is -22.7. The molecule has 6 rings (SSSR count). The van der Waals surface area contributed by atoms with E-state index in [0.29, 0.717) is 5.69 Å². The minimum Gasteiger partial charge on any atom is -0.481 e. The van der Waals surface area contributed by atoms with E-state index in [2.05, 4.69) is 89.1 Å². The molecule has 2 aromatic heterocycles. The molecule has 0 unspecified atom stereocenters. The number of amides is 16. The number of nitrogens with zero attached hydrogens (tertiary/aromatic N) is 4. The maximum atomic E-state index is 14.9. The van der Waals surface area contributed by atoms with Crippen LogP contribution in [0.25, 0.3) is 0 Å². The number of aliphatic carboxylic acids is 2. The normalized spacial score (nSPS) is 27.8. The van der Waals surface area contributed by atoms with Gasteiger partial charge in [0.05, 0.1) is 32.4 Å². The summed E-state index contributed by atoms with van der Waals surface area (Å²) in [6, 6.07) is -24.6. The number of carbonyl (C=O) groups excluding carboxylic acids is 16. The second-order valence-electron chi connectivity index (χ2n) is 27.7. The highest BCUT2D eigenvalue weighted by molar-refractivity contribution is 8.77. The summed E-state index contributed by atoms with van der Waals surface area (Å²) in [6.07, 6.45) is 2.09. The molecular weight excluding hydrogens is 1570 g/mol. The van der Waals surface area contributed by atoms with Crippen LogP contribution >= 0.6 is 43.2 Å². The highest BCUT2D eigenvalue weighted by Crippen LogP contribution is 2.27. The number of aromatic amines is 2. The minimum atomic E-state index is -1.96. The quantitative estimate of drug-likeness (QED) is 0.0616. The van der Waals surface area contributed by atoms with Crippen LogP contribution in [0.4, 0.5) is 0 Å². The summed E-state index contributed by atoms with van der Waals surface area (Å²) in [5.41, 5.74) is 12.1. The van der Waals surface area contributed by atoms with Crippen LogP contribution in [0.2, 0.25) is 0 Å². The number of aromatic nitrogens is 4. The molecule has 0 saturated carbocycles. The van der Waals surface area contributed by atoms with Crippen LogP contribution in [-0.4, -0.2) is 303 Å². The largest absolute Gasteiger partial charge is 0.481 e. The van der Waals surface area contributed by atoms with Crippen molar-refractivity contribution in [3.8, 4) is 0 Å². The number of imidazole rings is 2. The number of aliphatic hydroxyl groups excluding tert-OH is 2. The van der Waals surface area contributed by atoms with Crippen molar-refractivity contribution in [1.82, 2.24) is 98.9 Å². The Morgan fingerprint density at radius 3 is 1.36 bits per heavy atom. The summed E-state index contributed by atoms with van der Waals surface area (Å²) in [7, 11) is 3.17. The molecule has 0 spiro atoms. The van der Waals surface area contributed by atoms with Crippen molar-refractivity contribution in [3.63, 3.8) is 0 Å². The van der Waals surface area contributed by atoms with Gasteiger partial charge in [-0.05, 0) is 63.7 Å². The van der Waals surface area contributed by atoms with Crippen molar-refractivity contribution < 1.29 is 107 Å². The van der Waals surface area contributed by atoms with Crippen molar-refractivity contribution in [2.24, 2.45) is 23.3 Å². The van der Waals surface area contributed by atoms with Gasteiger partial charge >= 0.3 is 11.9 Å². The van der Waals surface area contributed by atoms with Crippen LogP contribution in [0.1, 0.15) is 104 Å². The Morgan fingerprint density at radius 2 is 0.920 bits per heavy atom. The summed E-state index contributed by atoms with van der Waals surface area (Å²) in [5, 5.41) is 73.3. The topological polar surface area (TPSA) is 660 Å². The predicted octanol–water partition coefficient (Wildman–Crippen LogP) is -8.13. The average Bonchev–Trinajstić information content (AvgIpc) is 1.68. The van der Waals surface area contributed by atoms with E-state index in [1.807, 2.05) is 0 Å².